The van der Waals surface area contributed by atoms with Gasteiger partial charge in [-0.05, 0) is 62.9 Å². The van der Waals surface area contributed by atoms with Crippen LogP contribution in [0.3, 0.4) is 0 Å². The van der Waals surface area contributed by atoms with Crippen molar-refractivity contribution >= 4 is 5.69 Å². The molecule has 2 saturated heterocycles. The number of anilines is 1. The number of hydrogen-bond donors (Lipinski definition) is 1. The van der Waals surface area contributed by atoms with Crippen LogP contribution in [0, 0.1) is 6.92 Å². The van der Waals surface area contributed by atoms with Gasteiger partial charge in [-0.2, -0.15) is 0 Å². The van der Waals surface area contributed by atoms with Gasteiger partial charge in [-0.25, -0.2) is 0 Å². The molecule has 3 nitrogen and oxygen atoms in total. The minimum Gasteiger partial charge on any atom is -0.497 e. The van der Waals surface area contributed by atoms with Gasteiger partial charge in [0.25, 0.3) is 0 Å². The topological polar surface area (TPSA) is 24.5 Å². The van der Waals surface area contributed by atoms with E-state index in [1.165, 1.54) is 36.9 Å². The van der Waals surface area contributed by atoms with Crippen LogP contribution >= 0.6 is 0 Å². The molecule has 0 saturated carbocycles. The van der Waals surface area contributed by atoms with Gasteiger partial charge in [-0.1, -0.05) is 6.92 Å². The molecule has 2 atom stereocenters. The predicted octanol–water partition coefficient (Wildman–Crippen LogP) is 3.11. The normalized spacial score (nSPS) is 28.8. The molecule has 0 radical (unpaired) electrons. The highest BCUT2D eigenvalue weighted by Gasteiger charge is 2.40. The molecule has 3 heteroatoms. The molecule has 20 heavy (non-hydrogen) atoms. The summed E-state index contributed by atoms with van der Waals surface area (Å²) in [4.78, 5) is 2.68. The first-order valence-corrected chi connectivity index (χ1v) is 7.89. The maximum Gasteiger partial charge on any atom is 0.119 e. The molecule has 0 spiro atoms. The average molecular weight is 274 g/mol. The molecule has 2 fully saturated rings. The summed E-state index contributed by atoms with van der Waals surface area (Å²) in [6, 6.07) is 8.64. The van der Waals surface area contributed by atoms with Crippen LogP contribution in [-0.2, 0) is 0 Å². The van der Waals surface area contributed by atoms with E-state index in [1.807, 2.05) is 0 Å². The van der Waals surface area contributed by atoms with E-state index in [9.17, 15) is 0 Å². The number of hydrogen-bond acceptors (Lipinski definition) is 3. The van der Waals surface area contributed by atoms with Gasteiger partial charge in [-0.15, -0.1) is 0 Å². The quantitative estimate of drug-likeness (QED) is 0.913. The fourth-order valence-corrected chi connectivity index (χ4v) is 4.07. The molecule has 3 rings (SSSR count). The van der Waals surface area contributed by atoms with Gasteiger partial charge in [0, 0.05) is 23.8 Å². The van der Waals surface area contributed by atoms with Gasteiger partial charge >= 0.3 is 0 Å². The number of aryl methyl sites for hydroxylation is 1. The maximum atomic E-state index is 5.33. The Bertz CT molecular complexity index is 460. The zero-order chi connectivity index (χ0) is 14.1. The van der Waals surface area contributed by atoms with E-state index in [0.717, 1.165) is 12.3 Å². The highest BCUT2D eigenvalue weighted by Crippen LogP contribution is 2.41. The summed E-state index contributed by atoms with van der Waals surface area (Å²) in [6.07, 6.45) is 5.27. The average Bonchev–Trinajstić information content (AvgIpc) is 2.70. The number of benzene rings is 1. The molecule has 2 aliphatic rings. The third-order valence-corrected chi connectivity index (χ3v) is 4.91. The van der Waals surface area contributed by atoms with Crippen molar-refractivity contribution in [2.45, 2.75) is 57.7 Å². The van der Waals surface area contributed by atoms with E-state index in [4.69, 9.17) is 4.74 Å². The molecule has 2 bridgehead atoms. The summed E-state index contributed by atoms with van der Waals surface area (Å²) in [5.41, 5.74) is 2.75. The van der Waals surface area contributed by atoms with Crippen LogP contribution in [-0.4, -0.2) is 31.8 Å². The number of rotatable bonds is 4. The smallest absolute Gasteiger partial charge is 0.119 e. The largest absolute Gasteiger partial charge is 0.497 e. The van der Waals surface area contributed by atoms with Crippen LogP contribution in [0.5, 0.6) is 5.75 Å². The summed E-state index contributed by atoms with van der Waals surface area (Å²) in [6.45, 7) is 5.50. The Hall–Kier alpha value is -1.22. The Balaban J connectivity index is 1.82. The first-order chi connectivity index (χ1) is 9.72. The van der Waals surface area contributed by atoms with E-state index < -0.39 is 0 Å². The van der Waals surface area contributed by atoms with Crippen molar-refractivity contribution in [1.29, 1.82) is 0 Å². The van der Waals surface area contributed by atoms with Gasteiger partial charge < -0.3 is 15.0 Å². The van der Waals surface area contributed by atoms with Crippen LogP contribution in [0.15, 0.2) is 18.2 Å². The number of nitrogens with zero attached hydrogens (tertiary/aromatic N) is 1. The molecule has 1 N–H and O–H groups in total. The monoisotopic (exact) mass is 274 g/mol. The van der Waals surface area contributed by atoms with Gasteiger partial charge in [0.05, 0.1) is 7.11 Å². The van der Waals surface area contributed by atoms with E-state index in [0.29, 0.717) is 18.1 Å². The summed E-state index contributed by atoms with van der Waals surface area (Å²) in [5.74, 6) is 0.959. The first kappa shape index (κ1) is 13.7. The highest BCUT2D eigenvalue weighted by atomic mass is 16.5. The van der Waals surface area contributed by atoms with Gasteiger partial charge in [-0.3, -0.25) is 0 Å². The van der Waals surface area contributed by atoms with Gasteiger partial charge in [0.1, 0.15) is 5.75 Å². The first-order valence-electron chi connectivity index (χ1n) is 7.89. The molecule has 2 aliphatic heterocycles. The molecule has 2 heterocycles. The molecule has 0 amide bonds. The minimum absolute atomic E-state index is 0.713. The number of nitrogens with one attached hydrogen (secondary N) is 1. The van der Waals surface area contributed by atoms with Crippen molar-refractivity contribution < 1.29 is 4.74 Å². The summed E-state index contributed by atoms with van der Waals surface area (Å²) < 4.78 is 5.33. The lowest BCUT2D eigenvalue weighted by Gasteiger charge is -2.41. The summed E-state index contributed by atoms with van der Waals surface area (Å²) >= 11 is 0. The van der Waals surface area contributed by atoms with Crippen molar-refractivity contribution in [3.63, 3.8) is 0 Å². The van der Waals surface area contributed by atoms with Crippen molar-refractivity contribution in [1.82, 2.24) is 5.32 Å². The summed E-state index contributed by atoms with van der Waals surface area (Å²) in [7, 11) is 1.74. The second-order valence-corrected chi connectivity index (χ2v) is 6.17. The van der Waals surface area contributed by atoms with Crippen molar-refractivity contribution in [3.05, 3.63) is 23.8 Å². The fraction of sp³-hybridized carbons (Fsp3) is 0.647. The Morgan fingerprint density at radius 2 is 1.95 bits per heavy atom. The van der Waals surface area contributed by atoms with Crippen LogP contribution < -0.4 is 15.0 Å². The molecule has 2 unspecified atom stereocenters. The number of methoxy groups -OCH3 is 1. The predicted molar refractivity (Wildman–Crippen MR) is 83.7 cm³/mol. The molecular formula is C17H26N2O. The lowest BCUT2D eigenvalue weighted by molar-refractivity contribution is 0.361. The third-order valence-electron chi connectivity index (χ3n) is 4.91. The molecule has 1 aromatic rings. The Morgan fingerprint density at radius 1 is 1.25 bits per heavy atom. The van der Waals surface area contributed by atoms with E-state index in [1.54, 1.807) is 7.11 Å². The van der Waals surface area contributed by atoms with Crippen LogP contribution in [0.2, 0.25) is 0 Å². The van der Waals surface area contributed by atoms with Crippen molar-refractivity contribution in [2.24, 2.45) is 0 Å². The lowest BCUT2D eigenvalue weighted by atomic mass is 9.95. The lowest BCUT2D eigenvalue weighted by Crippen LogP contribution is -2.49. The van der Waals surface area contributed by atoms with E-state index in [2.05, 4.69) is 42.3 Å². The Labute approximate surface area is 122 Å². The van der Waals surface area contributed by atoms with Gasteiger partial charge in [0.2, 0.25) is 0 Å². The molecule has 1 aromatic carbocycles. The maximum absolute atomic E-state index is 5.33. The molecular weight excluding hydrogens is 248 g/mol. The molecule has 0 aliphatic carbocycles. The van der Waals surface area contributed by atoms with Crippen LogP contribution in [0.4, 0.5) is 5.69 Å². The zero-order valence-electron chi connectivity index (χ0n) is 12.9. The third kappa shape index (κ3) is 2.39. The van der Waals surface area contributed by atoms with Crippen molar-refractivity contribution in [3.8, 4) is 5.75 Å². The van der Waals surface area contributed by atoms with Gasteiger partial charge in [0.15, 0.2) is 0 Å². The molecule has 110 valence electrons. The number of fused-ring (bicyclic) bond motifs is 2. The van der Waals surface area contributed by atoms with E-state index in [-0.39, 0.29) is 0 Å². The van der Waals surface area contributed by atoms with Crippen LogP contribution in [0.25, 0.3) is 0 Å². The minimum atomic E-state index is 0.713. The standard InChI is InChI=1S/C17H26N2O/c1-4-18-13-10-14-5-6-15(11-13)19(14)17-8-7-16(20-3)9-12(17)2/h7-9,13-15,18H,4-6,10-11H2,1-3H3. The van der Waals surface area contributed by atoms with Crippen LogP contribution in [0.1, 0.15) is 38.2 Å². The second kappa shape index (κ2) is 5.65. The number of piperidine rings is 1. The highest BCUT2D eigenvalue weighted by molar-refractivity contribution is 5.58. The Morgan fingerprint density at radius 3 is 2.50 bits per heavy atom. The molecule has 0 aromatic heterocycles. The zero-order valence-corrected chi connectivity index (χ0v) is 12.9. The number of ether oxygens (including phenoxy) is 1. The SMILES string of the molecule is CCNC1CC2CCC(C1)N2c1ccc(OC)cc1C. The summed E-state index contributed by atoms with van der Waals surface area (Å²) in [5, 5.41) is 3.64. The van der Waals surface area contributed by atoms with Crippen molar-refractivity contribution in [2.75, 3.05) is 18.6 Å². The fourth-order valence-electron chi connectivity index (χ4n) is 4.07. The Kier molecular flexibility index (Phi) is 3.88. The van der Waals surface area contributed by atoms with E-state index >= 15 is 0 Å². The second-order valence-electron chi connectivity index (χ2n) is 6.17.